The van der Waals surface area contributed by atoms with E-state index in [1.54, 1.807) is 12.1 Å². The number of thioether (sulfide) groups is 1. The Balaban J connectivity index is 2.80. The van der Waals surface area contributed by atoms with Crippen molar-refractivity contribution in [3.8, 4) is 0 Å². The average molecular weight is 249 g/mol. The highest BCUT2D eigenvalue weighted by molar-refractivity contribution is 8.08. The summed E-state index contributed by atoms with van der Waals surface area (Å²) in [6, 6.07) is 5.29. The van der Waals surface area contributed by atoms with Crippen molar-refractivity contribution in [3.05, 3.63) is 40.4 Å². The van der Waals surface area contributed by atoms with Crippen LogP contribution in [0.15, 0.2) is 24.8 Å². The van der Waals surface area contributed by atoms with Crippen LogP contribution >= 0.6 is 35.0 Å². The molecule has 4 heteroatoms. The number of benzene rings is 1. The molecule has 1 rings (SSSR count). The van der Waals surface area contributed by atoms with Gasteiger partial charge in [0.15, 0.2) is 0 Å². The molecule has 14 heavy (non-hydrogen) atoms. The van der Waals surface area contributed by atoms with Gasteiger partial charge in [0.2, 0.25) is 0 Å². The fraction of sp³-hybridized carbons (Fsp3) is 0.200. The summed E-state index contributed by atoms with van der Waals surface area (Å²) < 4.78 is 0. The van der Waals surface area contributed by atoms with E-state index in [1.807, 2.05) is 6.07 Å². The van der Waals surface area contributed by atoms with Crippen molar-refractivity contribution in [2.24, 2.45) is 0 Å². The molecule has 76 valence electrons. The standard InChI is InChI=1S/C10H10Cl2OS/c1-7(14-5-4-13)9-3-2-8(11)6-10(9)12/h2-3,6,13H,1,4-5H2. The van der Waals surface area contributed by atoms with E-state index in [2.05, 4.69) is 6.58 Å². The second-order valence-corrected chi connectivity index (χ2v) is 4.65. The third-order valence-electron chi connectivity index (χ3n) is 1.60. The van der Waals surface area contributed by atoms with Crippen molar-refractivity contribution < 1.29 is 5.11 Å². The van der Waals surface area contributed by atoms with Gasteiger partial charge in [0, 0.05) is 21.2 Å². The van der Waals surface area contributed by atoms with Gasteiger partial charge in [-0.3, -0.25) is 0 Å². The SMILES string of the molecule is C=C(SCCO)c1ccc(Cl)cc1Cl. The Kier molecular flexibility index (Phi) is 4.82. The lowest BCUT2D eigenvalue weighted by molar-refractivity contribution is 0.323. The Labute approximate surface area is 97.7 Å². The highest BCUT2D eigenvalue weighted by atomic mass is 35.5. The Bertz CT molecular complexity index is 339. The van der Waals surface area contributed by atoms with Crippen molar-refractivity contribution in [3.63, 3.8) is 0 Å². The molecule has 0 radical (unpaired) electrons. The Morgan fingerprint density at radius 3 is 2.71 bits per heavy atom. The number of hydrogen-bond donors (Lipinski definition) is 1. The normalized spacial score (nSPS) is 10.2. The van der Waals surface area contributed by atoms with Crippen molar-refractivity contribution >= 4 is 39.9 Å². The van der Waals surface area contributed by atoms with Crippen LogP contribution in [0.2, 0.25) is 10.0 Å². The quantitative estimate of drug-likeness (QED) is 0.878. The van der Waals surface area contributed by atoms with Crippen molar-refractivity contribution in [1.29, 1.82) is 0 Å². The lowest BCUT2D eigenvalue weighted by Gasteiger charge is -2.06. The summed E-state index contributed by atoms with van der Waals surface area (Å²) in [6.45, 7) is 4.01. The van der Waals surface area contributed by atoms with Crippen LogP contribution in [0.25, 0.3) is 4.91 Å². The van der Waals surface area contributed by atoms with Crippen LogP contribution in [0.4, 0.5) is 0 Å². The topological polar surface area (TPSA) is 20.2 Å². The fourth-order valence-corrected chi connectivity index (χ4v) is 2.21. The molecule has 1 aromatic carbocycles. The van der Waals surface area contributed by atoms with Crippen molar-refractivity contribution in [2.45, 2.75) is 0 Å². The zero-order chi connectivity index (χ0) is 10.6. The van der Waals surface area contributed by atoms with Crippen LogP contribution < -0.4 is 0 Å². The zero-order valence-electron chi connectivity index (χ0n) is 7.46. The van der Waals surface area contributed by atoms with Gasteiger partial charge in [-0.25, -0.2) is 0 Å². The molecule has 0 bridgehead atoms. The summed E-state index contributed by atoms with van der Waals surface area (Å²) in [6.07, 6.45) is 0. The summed E-state index contributed by atoms with van der Waals surface area (Å²) in [4.78, 5) is 0.848. The molecule has 1 nitrogen and oxygen atoms in total. The number of aliphatic hydroxyl groups is 1. The van der Waals surface area contributed by atoms with Gasteiger partial charge >= 0.3 is 0 Å². The highest BCUT2D eigenvalue weighted by Crippen LogP contribution is 2.32. The molecule has 0 spiro atoms. The second kappa shape index (κ2) is 5.66. The lowest BCUT2D eigenvalue weighted by Crippen LogP contribution is -1.87. The molecule has 1 aromatic rings. The number of hydrogen-bond acceptors (Lipinski definition) is 2. The van der Waals surface area contributed by atoms with E-state index in [0.717, 1.165) is 10.5 Å². The van der Waals surface area contributed by atoms with E-state index < -0.39 is 0 Å². The second-order valence-electron chi connectivity index (χ2n) is 2.62. The summed E-state index contributed by atoms with van der Waals surface area (Å²) in [5, 5.41) is 9.86. The number of halogens is 2. The van der Waals surface area contributed by atoms with E-state index in [0.29, 0.717) is 15.8 Å². The molecular weight excluding hydrogens is 239 g/mol. The molecular formula is C10H10Cl2OS. The van der Waals surface area contributed by atoms with E-state index in [4.69, 9.17) is 28.3 Å². The first-order valence-corrected chi connectivity index (χ1v) is 5.77. The van der Waals surface area contributed by atoms with Gasteiger partial charge in [-0.15, -0.1) is 11.8 Å². The first-order chi connectivity index (χ1) is 6.65. The predicted octanol–water partition coefficient (Wildman–Crippen LogP) is 3.69. The van der Waals surface area contributed by atoms with Crippen LogP contribution in [-0.4, -0.2) is 17.5 Å². The maximum Gasteiger partial charge on any atom is 0.0525 e. The van der Waals surface area contributed by atoms with Crippen molar-refractivity contribution in [1.82, 2.24) is 0 Å². The minimum absolute atomic E-state index is 0.134. The van der Waals surface area contributed by atoms with Crippen LogP contribution in [0.5, 0.6) is 0 Å². The minimum atomic E-state index is 0.134. The largest absolute Gasteiger partial charge is 0.396 e. The molecule has 1 N–H and O–H groups in total. The molecule has 0 amide bonds. The first kappa shape index (κ1) is 11.9. The average Bonchev–Trinajstić information content (AvgIpc) is 2.14. The summed E-state index contributed by atoms with van der Waals surface area (Å²) in [5.41, 5.74) is 0.870. The molecule has 0 aliphatic heterocycles. The molecule has 0 saturated heterocycles. The molecule has 0 aromatic heterocycles. The van der Waals surface area contributed by atoms with Gasteiger partial charge < -0.3 is 5.11 Å². The predicted molar refractivity (Wildman–Crippen MR) is 65.0 cm³/mol. The van der Waals surface area contributed by atoms with Gasteiger partial charge in [0.1, 0.15) is 0 Å². The first-order valence-electron chi connectivity index (χ1n) is 4.03. The summed E-state index contributed by atoms with van der Waals surface area (Å²) in [5.74, 6) is 0.623. The molecule has 0 unspecified atom stereocenters. The maximum absolute atomic E-state index is 8.66. The van der Waals surface area contributed by atoms with Crippen LogP contribution in [0, 0.1) is 0 Å². The number of aliphatic hydroxyl groups excluding tert-OH is 1. The fourth-order valence-electron chi connectivity index (χ4n) is 0.962. The van der Waals surface area contributed by atoms with Crippen LogP contribution in [-0.2, 0) is 0 Å². The third-order valence-corrected chi connectivity index (χ3v) is 3.10. The van der Waals surface area contributed by atoms with E-state index in [-0.39, 0.29) is 6.61 Å². The smallest absolute Gasteiger partial charge is 0.0525 e. The van der Waals surface area contributed by atoms with Gasteiger partial charge in [-0.2, -0.15) is 0 Å². The number of rotatable bonds is 4. The van der Waals surface area contributed by atoms with Gasteiger partial charge in [0.05, 0.1) is 11.6 Å². The maximum atomic E-state index is 8.66. The molecule has 0 fully saturated rings. The molecule has 0 atom stereocenters. The molecule has 0 saturated carbocycles. The van der Waals surface area contributed by atoms with Gasteiger partial charge in [-0.1, -0.05) is 35.8 Å². The van der Waals surface area contributed by atoms with Gasteiger partial charge in [0.25, 0.3) is 0 Å². The summed E-state index contributed by atoms with van der Waals surface area (Å²) in [7, 11) is 0. The monoisotopic (exact) mass is 248 g/mol. The Morgan fingerprint density at radius 1 is 1.43 bits per heavy atom. The van der Waals surface area contributed by atoms with Crippen molar-refractivity contribution in [2.75, 3.05) is 12.4 Å². The Hall–Kier alpha value is -0.150. The Morgan fingerprint density at radius 2 is 2.14 bits per heavy atom. The van der Waals surface area contributed by atoms with Crippen LogP contribution in [0.1, 0.15) is 5.56 Å². The third kappa shape index (κ3) is 3.21. The zero-order valence-corrected chi connectivity index (χ0v) is 9.79. The molecule has 0 aliphatic carbocycles. The molecule has 0 heterocycles. The van der Waals surface area contributed by atoms with Crippen LogP contribution in [0.3, 0.4) is 0 Å². The van der Waals surface area contributed by atoms with Gasteiger partial charge in [-0.05, 0) is 12.1 Å². The van der Waals surface area contributed by atoms with E-state index in [1.165, 1.54) is 11.8 Å². The minimum Gasteiger partial charge on any atom is -0.396 e. The molecule has 0 aliphatic rings. The highest BCUT2D eigenvalue weighted by Gasteiger charge is 2.05. The van der Waals surface area contributed by atoms with E-state index in [9.17, 15) is 0 Å². The lowest BCUT2D eigenvalue weighted by atomic mass is 10.2. The van der Waals surface area contributed by atoms with E-state index >= 15 is 0 Å². The summed E-state index contributed by atoms with van der Waals surface area (Å²) >= 11 is 13.2.